The van der Waals surface area contributed by atoms with Gasteiger partial charge < -0.3 is 14.2 Å². The molecule has 8 heteroatoms. The van der Waals surface area contributed by atoms with E-state index in [0.717, 1.165) is 29.1 Å². The van der Waals surface area contributed by atoms with Crippen LogP contribution in [0.4, 0.5) is 11.6 Å². The van der Waals surface area contributed by atoms with Crippen LogP contribution in [0.5, 0.6) is 5.75 Å². The van der Waals surface area contributed by atoms with Crippen LogP contribution in [-0.4, -0.2) is 32.3 Å². The Morgan fingerprint density at radius 3 is 2.58 bits per heavy atom. The summed E-state index contributed by atoms with van der Waals surface area (Å²) >= 11 is 0. The molecule has 1 atom stereocenters. The lowest BCUT2D eigenvalue weighted by atomic mass is 10.1. The first kappa shape index (κ1) is 21.1. The Balaban J connectivity index is 1.70. The second-order valence-electron chi connectivity index (χ2n) is 8.83. The van der Waals surface area contributed by atoms with Crippen LogP contribution >= 0.6 is 0 Å². The number of imidazole rings is 1. The quantitative estimate of drug-likeness (QED) is 0.483. The topological polar surface area (TPSA) is 74.3 Å². The monoisotopic (exact) mass is 445 g/mol. The van der Waals surface area contributed by atoms with Crippen molar-refractivity contribution in [3.05, 3.63) is 80.5 Å². The van der Waals surface area contributed by atoms with E-state index in [1.165, 1.54) is 9.13 Å². The normalized spacial score (nSPS) is 15.6. The van der Waals surface area contributed by atoms with Gasteiger partial charge in [-0.2, -0.15) is 4.98 Å². The summed E-state index contributed by atoms with van der Waals surface area (Å²) in [5, 5.41) is 0. The van der Waals surface area contributed by atoms with Crippen molar-refractivity contribution in [2.45, 2.75) is 26.9 Å². The highest BCUT2D eigenvalue weighted by atomic mass is 16.5. The lowest BCUT2D eigenvalue weighted by Gasteiger charge is -2.33. The SMILES string of the molecule is COc1cccc(N2CC(C)Cn3c2nc2c3c(=O)n(Cc3ccc(C)cc3)c(=O)n2C)c1. The molecule has 1 aliphatic rings. The second-order valence-corrected chi connectivity index (χ2v) is 8.83. The zero-order valence-electron chi connectivity index (χ0n) is 19.3. The number of fused-ring (bicyclic) bond motifs is 3. The first-order valence-corrected chi connectivity index (χ1v) is 11.0. The van der Waals surface area contributed by atoms with E-state index in [4.69, 9.17) is 9.72 Å². The van der Waals surface area contributed by atoms with Crippen molar-refractivity contribution in [3.8, 4) is 5.75 Å². The van der Waals surface area contributed by atoms with E-state index in [-0.39, 0.29) is 23.7 Å². The van der Waals surface area contributed by atoms with E-state index in [1.54, 1.807) is 14.2 Å². The third-order valence-corrected chi connectivity index (χ3v) is 6.27. The average Bonchev–Trinajstić information content (AvgIpc) is 3.20. The number of nitrogens with zero attached hydrogens (tertiary/aromatic N) is 5. The highest BCUT2D eigenvalue weighted by Gasteiger charge is 2.30. The van der Waals surface area contributed by atoms with Gasteiger partial charge in [0.15, 0.2) is 11.2 Å². The fourth-order valence-corrected chi connectivity index (χ4v) is 4.52. The smallest absolute Gasteiger partial charge is 0.332 e. The number of hydrogen-bond donors (Lipinski definition) is 0. The molecule has 0 bridgehead atoms. The molecule has 0 saturated heterocycles. The predicted molar refractivity (Wildman–Crippen MR) is 129 cm³/mol. The number of aromatic nitrogens is 4. The molecule has 8 nitrogen and oxygen atoms in total. The second kappa shape index (κ2) is 7.95. The van der Waals surface area contributed by atoms with Crippen LogP contribution in [0.25, 0.3) is 11.2 Å². The summed E-state index contributed by atoms with van der Waals surface area (Å²) in [6.45, 7) is 5.78. The van der Waals surface area contributed by atoms with Crippen LogP contribution in [0, 0.1) is 12.8 Å². The van der Waals surface area contributed by atoms with Crippen molar-refractivity contribution in [1.29, 1.82) is 0 Å². The van der Waals surface area contributed by atoms with Crippen molar-refractivity contribution < 1.29 is 4.74 Å². The molecule has 0 spiro atoms. The molecule has 0 radical (unpaired) electrons. The van der Waals surface area contributed by atoms with Gasteiger partial charge in [-0.1, -0.05) is 42.8 Å². The Labute approximate surface area is 191 Å². The largest absolute Gasteiger partial charge is 0.497 e. The van der Waals surface area contributed by atoms with Crippen molar-refractivity contribution in [2.24, 2.45) is 13.0 Å². The summed E-state index contributed by atoms with van der Waals surface area (Å²) in [7, 11) is 3.31. The minimum absolute atomic E-state index is 0.220. The summed E-state index contributed by atoms with van der Waals surface area (Å²) in [6, 6.07) is 15.6. The van der Waals surface area contributed by atoms with Crippen molar-refractivity contribution in [2.75, 3.05) is 18.6 Å². The third-order valence-electron chi connectivity index (χ3n) is 6.27. The number of benzene rings is 2. The Morgan fingerprint density at radius 1 is 1.09 bits per heavy atom. The van der Waals surface area contributed by atoms with Crippen LogP contribution in [0.15, 0.2) is 58.1 Å². The first-order chi connectivity index (χ1) is 15.9. The van der Waals surface area contributed by atoms with E-state index >= 15 is 0 Å². The maximum absolute atomic E-state index is 13.6. The van der Waals surface area contributed by atoms with Crippen molar-refractivity contribution >= 4 is 22.8 Å². The lowest BCUT2D eigenvalue weighted by Crippen LogP contribution is -2.40. The standard InChI is InChI=1S/C25H27N5O3/c1-16-8-10-18(11-9-16)15-30-23(31)21-22(27(3)25(30)32)26-24-28(13-17(2)14-29(21)24)19-6-5-7-20(12-19)33-4/h5-12,17H,13-15H2,1-4H3. The molecule has 0 amide bonds. The van der Waals surface area contributed by atoms with Gasteiger partial charge in [0.2, 0.25) is 5.95 Å². The Morgan fingerprint density at radius 2 is 1.85 bits per heavy atom. The highest BCUT2D eigenvalue weighted by Crippen LogP contribution is 2.34. The summed E-state index contributed by atoms with van der Waals surface area (Å²) in [5.41, 5.74) is 3.15. The van der Waals surface area contributed by atoms with Gasteiger partial charge in [0.05, 0.1) is 13.7 Å². The van der Waals surface area contributed by atoms with Crippen LogP contribution in [0.2, 0.25) is 0 Å². The van der Waals surface area contributed by atoms with Gasteiger partial charge in [-0.15, -0.1) is 0 Å². The minimum atomic E-state index is -0.371. The lowest BCUT2D eigenvalue weighted by molar-refractivity contribution is 0.414. The van der Waals surface area contributed by atoms with Crippen LogP contribution in [0.1, 0.15) is 18.1 Å². The van der Waals surface area contributed by atoms with Gasteiger partial charge in [-0.05, 0) is 30.5 Å². The summed E-state index contributed by atoms with van der Waals surface area (Å²) in [6.07, 6.45) is 0. The van der Waals surface area contributed by atoms with Gasteiger partial charge in [0.25, 0.3) is 5.56 Å². The fraction of sp³-hybridized carbons (Fsp3) is 0.320. The molecular formula is C25H27N5O3. The van der Waals surface area contributed by atoms with Crippen molar-refractivity contribution in [3.63, 3.8) is 0 Å². The van der Waals surface area contributed by atoms with Crippen molar-refractivity contribution in [1.82, 2.24) is 18.7 Å². The molecule has 4 aromatic rings. The average molecular weight is 446 g/mol. The molecule has 1 unspecified atom stereocenters. The van der Waals surface area contributed by atoms with Gasteiger partial charge in [0.1, 0.15) is 5.75 Å². The Kier molecular flexibility index (Phi) is 5.08. The maximum Gasteiger partial charge on any atom is 0.332 e. The van der Waals surface area contributed by atoms with Gasteiger partial charge >= 0.3 is 5.69 Å². The van der Waals surface area contributed by atoms with Crippen LogP contribution in [-0.2, 0) is 20.1 Å². The number of ether oxygens (including phenoxy) is 1. The molecular weight excluding hydrogens is 418 g/mol. The highest BCUT2D eigenvalue weighted by molar-refractivity contribution is 5.77. The third kappa shape index (κ3) is 3.51. The number of methoxy groups -OCH3 is 1. The molecule has 33 heavy (non-hydrogen) atoms. The molecule has 1 aliphatic heterocycles. The summed E-state index contributed by atoms with van der Waals surface area (Å²) in [4.78, 5) is 33.6. The van der Waals surface area contributed by atoms with Crippen LogP contribution in [0.3, 0.4) is 0 Å². The predicted octanol–water partition coefficient (Wildman–Crippen LogP) is 3.05. The number of rotatable bonds is 4. The molecule has 2 aromatic heterocycles. The summed E-state index contributed by atoms with van der Waals surface area (Å²) < 4.78 is 10.1. The fourth-order valence-electron chi connectivity index (χ4n) is 4.52. The van der Waals surface area contributed by atoms with E-state index in [2.05, 4.69) is 11.8 Å². The minimum Gasteiger partial charge on any atom is -0.497 e. The molecule has 3 heterocycles. The number of anilines is 2. The number of aryl methyl sites for hydroxylation is 2. The van der Waals surface area contributed by atoms with Gasteiger partial charge in [-0.3, -0.25) is 13.9 Å². The van der Waals surface area contributed by atoms with Crippen LogP contribution < -0.4 is 20.9 Å². The molecule has 0 saturated carbocycles. The zero-order valence-corrected chi connectivity index (χ0v) is 19.3. The molecule has 0 fully saturated rings. The van der Waals surface area contributed by atoms with E-state index < -0.39 is 0 Å². The Hall–Kier alpha value is -3.81. The van der Waals surface area contributed by atoms with E-state index in [9.17, 15) is 9.59 Å². The van der Waals surface area contributed by atoms with E-state index in [1.807, 2.05) is 60.0 Å². The molecule has 5 rings (SSSR count). The zero-order chi connectivity index (χ0) is 23.3. The maximum atomic E-state index is 13.6. The Bertz CT molecular complexity index is 1460. The molecule has 0 aliphatic carbocycles. The summed E-state index contributed by atoms with van der Waals surface area (Å²) in [5.74, 6) is 1.70. The molecule has 170 valence electrons. The van der Waals surface area contributed by atoms with Gasteiger partial charge in [-0.25, -0.2) is 4.79 Å². The van der Waals surface area contributed by atoms with Gasteiger partial charge in [0, 0.05) is 31.9 Å². The first-order valence-electron chi connectivity index (χ1n) is 11.0. The van der Waals surface area contributed by atoms with E-state index in [0.29, 0.717) is 23.7 Å². The number of hydrogen-bond acceptors (Lipinski definition) is 5. The molecule has 0 N–H and O–H groups in total. The molecule has 2 aromatic carbocycles.